The summed E-state index contributed by atoms with van der Waals surface area (Å²) in [5.74, 6) is -1.48. The summed E-state index contributed by atoms with van der Waals surface area (Å²) in [5, 5.41) is 0. The van der Waals surface area contributed by atoms with Gasteiger partial charge in [0.15, 0.2) is 5.78 Å². The molecule has 0 aliphatic carbocycles. The molecule has 0 saturated heterocycles. The van der Waals surface area contributed by atoms with Crippen molar-refractivity contribution >= 4 is 21.7 Å². The lowest BCUT2D eigenvalue weighted by Gasteiger charge is -2.05. The van der Waals surface area contributed by atoms with Gasteiger partial charge in [-0.15, -0.1) is 0 Å². The molecule has 0 saturated carbocycles. The number of hydrogen-bond donors (Lipinski definition) is 0. The van der Waals surface area contributed by atoms with E-state index < -0.39 is 17.4 Å². The van der Waals surface area contributed by atoms with Crippen molar-refractivity contribution in [3.05, 3.63) is 69.2 Å². The van der Waals surface area contributed by atoms with Crippen LogP contribution >= 0.6 is 15.9 Å². The van der Waals surface area contributed by atoms with Crippen molar-refractivity contribution in [2.75, 3.05) is 0 Å². The Morgan fingerprint density at radius 3 is 2.47 bits per heavy atom. The molecule has 0 aliphatic heterocycles. The van der Waals surface area contributed by atoms with E-state index in [9.17, 15) is 13.6 Å². The highest BCUT2D eigenvalue weighted by atomic mass is 79.9. The summed E-state index contributed by atoms with van der Waals surface area (Å²) in [4.78, 5) is 12.0. The fourth-order valence-electron chi connectivity index (χ4n) is 1.78. The SMILES string of the molecule is Cc1ccc(C(=O)Cc2ccc(Br)cc2F)c(F)c1. The molecular formula is C15H11BrF2O. The Balaban J connectivity index is 2.25. The predicted molar refractivity (Wildman–Crippen MR) is 73.3 cm³/mol. The van der Waals surface area contributed by atoms with E-state index in [-0.39, 0.29) is 17.5 Å². The molecule has 98 valence electrons. The molecule has 0 unspecified atom stereocenters. The van der Waals surface area contributed by atoms with Crippen molar-refractivity contribution < 1.29 is 13.6 Å². The lowest BCUT2D eigenvalue weighted by molar-refractivity contribution is 0.0988. The number of carbonyl (C=O) groups is 1. The third-order valence-corrected chi connectivity index (χ3v) is 3.28. The number of benzene rings is 2. The maximum Gasteiger partial charge on any atom is 0.170 e. The summed E-state index contributed by atoms with van der Waals surface area (Å²) in [7, 11) is 0. The summed E-state index contributed by atoms with van der Waals surface area (Å²) in [6.07, 6.45) is -0.154. The van der Waals surface area contributed by atoms with Crippen LogP contribution in [0.3, 0.4) is 0 Å². The van der Waals surface area contributed by atoms with E-state index in [1.807, 2.05) is 0 Å². The second kappa shape index (κ2) is 5.61. The summed E-state index contributed by atoms with van der Waals surface area (Å²) in [5.41, 5.74) is 0.991. The van der Waals surface area contributed by atoms with E-state index in [0.717, 1.165) is 5.56 Å². The topological polar surface area (TPSA) is 17.1 Å². The zero-order valence-electron chi connectivity index (χ0n) is 10.2. The number of hydrogen-bond acceptors (Lipinski definition) is 1. The zero-order valence-corrected chi connectivity index (χ0v) is 11.8. The first-order valence-corrected chi connectivity index (χ1v) is 6.50. The molecule has 0 atom stereocenters. The third kappa shape index (κ3) is 3.26. The van der Waals surface area contributed by atoms with E-state index in [0.29, 0.717) is 4.47 Å². The van der Waals surface area contributed by atoms with Crippen molar-refractivity contribution in [2.24, 2.45) is 0 Å². The molecule has 0 radical (unpaired) electrons. The average Bonchev–Trinajstić information content (AvgIpc) is 2.32. The van der Waals surface area contributed by atoms with Crippen molar-refractivity contribution in [3.63, 3.8) is 0 Å². The van der Waals surface area contributed by atoms with Gasteiger partial charge in [0, 0.05) is 10.9 Å². The van der Waals surface area contributed by atoms with E-state index in [2.05, 4.69) is 15.9 Å². The molecule has 4 heteroatoms. The van der Waals surface area contributed by atoms with Crippen molar-refractivity contribution in [1.82, 2.24) is 0 Å². The minimum Gasteiger partial charge on any atom is -0.294 e. The molecule has 0 heterocycles. The largest absolute Gasteiger partial charge is 0.294 e. The van der Waals surface area contributed by atoms with E-state index in [4.69, 9.17) is 0 Å². The molecule has 1 nitrogen and oxygen atoms in total. The van der Waals surface area contributed by atoms with Gasteiger partial charge in [0.1, 0.15) is 11.6 Å². The third-order valence-electron chi connectivity index (χ3n) is 2.79. The fraction of sp³-hybridized carbons (Fsp3) is 0.133. The van der Waals surface area contributed by atoms with Gasteiger partial charge in [0.25, 0.3) is 0 Å². The second-order valence-electron chi connectivity index (χ2n) is 4.32. The Morgan fingerprint density at radius 2 is 1.84 bits per heavy atom. The highest BCUT2D eigenvalue weighted by molar-refractivity contribution is 9.10. The Hall–Kier alpha value is -1.55. The number of ketones is 1. The first-order chi connectivity index (χ1) is 8.97. The summed E-state index contributed by atoms with van der Waals surface area (Å²) in [6, 6.07) is 8.85. The minimum atomic E-state index is -0.567. The van der Waals surface area contributed by atoms with Crippen LogP contribution in [0.2, 0.25) is 0 Å². The number of rotatable bonds is 3. The van der Waals surface area contributed by atoms with Crippen LogP contribution in [-0.4, -0.2) is 5.78 Å². The van der Waals surface area contributed by atoms with Gasteiger partial charge in [-0.05, 0) is 42.3 Å². The zero-order chi connectivity index (χ0) is 14.0. The lowest BCUT2D eigenvalue weighted by atomic mass is 10.0. The van der Waals surface area contributed by atoms with Crippen LogP contribution < -0.4 is 0 Å². The van der Waals surface area contributed by atoms with Crippen LogP contribution in [0.5, 0.6) is 0 Å². The molecule has 2 rings (SSSR count). The Bertz CT molecular complexity index is 638. The van der Waals surface area contributed by atoms with Crippen LogP contribution in [0.1, 0.15) is 21.5 Å². The monoisotopic (exact) mass is 324 g/mol. The normalized spacial score (nSPS) is 10.5. The van der Waals surface area contributed by atoms with E-state index in [1.165, 1.54) is 24.3 Å². The first kappa shape index (κ1) is 13.9. The summed E-state index contributed by atoms with van der Waals surface area (Å²) in [6.45, 7) is 1.74. The molecule has 2 aromatic carbocycles. The van der Waals surface area contributed by atoms with Gasteiger partial charge in [-0.2, -0.15) is 0 Å². The van der Waals surface area contributed by atoms with Crippen LogP contribution in [0.4, 0.5) is 8.78 Å². The fourth-order valence-corrected chi connectivity index (χ4v) is 2.11. The number of carbonyl (C=O) groups excluding carboxylic acids is 1. The maximum absolute atomic E-state index is 13.6. The van der Waals surface area contributed by atoms with E-state index in [1.54, 1.807) is 19.1 Å². The molecule has 0 N–H and O–H groups in total. The Labute approximate surface area is 118 Å². The van der Waals surface area contributed by atoms with Gasteiger partial charge >= 0.3 is 0 Å². The molecule has 0 spiro atoms. The molecule has 0 aliphatic rings. The standard InChI is InChI=1S/C15H11BrF2O/c1-9-2-5-12(14(18)6-9)15(19)7-10-3-4-11(16)8-13(10)17/h2-6,8H,7H2,1H3. The maximum atomic E-state index is 13.6. The molecule has 19 heavy (non-hydrogen) atoms. The van der Waals surface area contributed by atoms with Crippen LogP contribution in [0, 0.1) is 18.6 Å². The molecule has 0 aromatic heterocycles. The molecule has 2 aromatic rings. The van der Waals surface area contributed by atoms with Crippen molar-refractivity contribution in [2.45, 2.75) is 13.3 Å². The van der Waals surface area contributed by atoms with Gasteiger partial charge in [0.05, 0.1) is 5.56 Å². The predicted octanol–water partition coefficient (Wildman–Crippen LogP) is 4.46. The van der Waals surface area contributed by atoms with Crippen molar-refractivity contribution in [1.29, 1.82) is 0 Å². The molecule has 0 amide bonds. The van der Waals surface area contributed by atoms with Gasteiger partial charge in [-0.1, -0.05) is 28.1 Å². The van der Waals surface area contributed by atoms with Gasteiger partial charge in [-0.25, -0.2) is 8.78 Å². The smallest absolute Gasteiger partial charge is 0.170 e. The Kier molecular flexibility index (Phi) is 4.10. The molecule has 0 fully saturated rings. The summed E-state index contributed by atoms with van der Waals surface area (Å²) < 4.78 is 27.9. The first-order valence-electron chi connectivity index (χ1n) is 5.70. The highest BCUT2D eigenvalue weighted by Crippen LogP contribution is 2.18. The van der Waals surface area contributed by atoms with Crippen molar-refractivity contribution in [3.8, 4) is 0 Å². The Morgan fingerprint density at radius 1 is 1.11 bits per heavy atom. The second-order valence-corrected chi connectivity index (χ2v) is 5.23. The highest BCUT2D eigenvalue weighted by Gasteiger charge is 2.14. The van der Waals surface area contributed by atoms with Crippen LogP contribution in [-0.2, 0) is 6.42 Å². The number of Topliss-reactive ketones (excluding diaryl/α,β-unsaturated/α-hetero) is 1. The quantitative estimate of drug-likeness (QED) is 0.762. The van der Waals surface area contributed by atoms with Crippen LogP contribution in [0.25, 0.3) is 0 Å². The van der Waals surface area contributed by atoms with E-state index >= 15 is 0 Å². The van der Waals surface area contributed by atoms with Gasteiger partial charge in [0.2, 0.25) is 0 Å². The number of aryl methyl sites for hydroxylation is 1. The number of halogens is 3. The lowest BCUT2D eigenvalue weighted by Crippen LogP contribution is -2.07. The van der Waals surface area contributed by atoms with Gasteiger partial charge in [-0.3, -0.25) is 4.79 Å². The average molecular weight is 325 g/mol. The van der Waals surface area contributed by atoms with Crippen LogP contribution in [0.15, 0.2) is 40.9 Å². The molecular weight excluding hydrogens is 314 g/mol. The molecule has 0 bridgehead atoms. The minimum absolute atomic E-state index is 0.00656. The summed E-state index contributed by atoms with van der Waals surface area (Å²) >= 11 is 3.14. The van der Waals surface area contributed by atoms with Gasteiger partial charge < -0.3 is 0 Å².